The first kappa shape index (κ1) is 57.0. The van der Waals surface area contributed by atoms with Crippen LogP contribution in [-0.2, 0) is 70.3 Å². The third-order valence-electron chi connectivity index (χ3n) is 12.0. The summed E-state index contributed by atoms with van der Waals surface area (Å²) in [6, 6.07) is 19.7. The fourth-order valence-corrected chi connectivity index (χ4v) is 8.47. The molecule has 14 heteroatoms. The molecule has 0 aromatic heterocycles. The average Bonchev–Trinajstić information content (AvgIpc) is 3.30. The van der Waals surface area contributed by atoms with E-state index in [1.807, 2.05) is 48.5 Å². The molecule has 2 N–H and O–H groups in total. The largest absolute Gasteiger partial charge is 0.462 e. The van der Waals surface area contributed by atoms with E-state index in [4.69, 9.17) is 33.2 Å². The summed E-state index contributed by atoms with van der Waals surface area (Å²) in [7, 11) is 0. The Morgan fingerprint density at radius 2 is 1.12 bits per heavy atom. The van der Waals surface area contributed by atoms with Gasteiger partial charge >= 0.3 is 29.8 Å². The number of hydrogen-bond donors (Lipinski definition) is 2. The monoisotopic (exact) mass is 940 g/mol. The highest BCUT2D eigenvalue weighted by molar-refractivity contribution is 5.75. The van der Waals surface area contributed by atoms with Crippen LogP contribution in [-0.4, -0.2) is 91.0 Å². The molecule has 2 aromatic carbocycles. The molecule has 0 bridgehead atoms. The van der Waals surface area contributed by atoms with Gasteiger partial charge in [-0.15, -0.1) is 0 Å². The van der Waals surface area contributed by atoms with Crippen molar-refractivity contribution in [3.05, 3.63) is 71.8 Å². The molecule has 1 fully saturated rings. The van der Waals surface area contributed by atoms with Crippen molar-refractivity contribution in [1.29, 1.82) is 0 Å². The second-order valence-corrected chi connectivity index (χ2v) is 17.9. The summed E-state index contributed by atoms with van der Waals surface area (Å²) in [4.78, 5) is 60.8. The van der Waals surface area contributed by atoms with Crippen molar-refractivity contribution in [1.82, 2.24) is 5.32 Å². The maximum atomic E-state index is 13.0. The number of benzene rings is 2. The standard InChI is InChI=1S/C53H81NO13/c1-41(56)61-39-49(65-43(3)58)51-50(66-44(4)59)48(64-42(2)57)36-53(40-55,67-51)63-35-29-21-19-17-15-13-11-9-7-5-6-8-10-12-14-16-18-20-28-34-47(54-37-45-30-24-22-25-31-45)52(60)62-38-46-32-26-23-27-33-46/h22-27,30-33,47-51,54-55H,5-21,28-29,34-40H2,1-4H3/t47?,48-,49-,50-,51-,53-/m1/s1. The molecule has 3 rings (SSSR count). The van der Waals surface area contributed by atoms with Crippen molar-refractivity contribution in [2.75, 3.05) is 19.8 Å². The summed E-state index contributed by atoms with van der Waals surface area (Å²) in [5, 5.41) is 14.0. The molecule has 1 saturated heterocycles. The summed E-state index contributed by atoms with van der Waals surface area (Å²) >= 11 is 0. The van der Waals surface area contributed by atoms with Crippen molar-refractivity contribution in [2.24, 2.45) is 0 Å². The van der Waals surface area contributed by atoms with Gasteiger partial charge in [0, 0.05) is 40.7 Å². The SMILES string of the molecule is CC(=O)OC[C@@H](OC(C)=O)[C@H]1O[C@](CO)(OCCCCCCCCCCCCCCCCCCCCCC(NCc2ccccc2)C(=O)OCc2ccccc2)C[C@@H](OC(C)=O)[C@H]1OC(C)=O. The molecule has 1 unspecified atom stereocenters. The number of aliphatic hydroxyl groups is 1. The van der Waals surface area contributed by atoms with Crippen molar-refractivity contribution in [3.63, 3.8) is 0 Å². The number of nitrogens with one attached hydrogen (secondary N) is 1. The fourth-order valence-electron chi connectivity index (χ4n) is 8.47. The molecule has 1 aliphatic rings. The Hall–Kier alpha value is -4.37. The number of unbranched alkanes of at least 4 members (excludes halogenated alkanes) is 18. The highest BCUT2D eigenvalue weighted by Gasteiger charge is 2.54. The number of hydrogen-bond acceptors (Lipinski definition) is 14. The molecular formula is C53H81NO13. The summed E-state index contributed by atoms with van der Waals surface area (Å²) in [5.74, 6) is -4.53. The number of carbonyl (C=O) groups is 5. The van der Waals surface area contributed by atoms with Gasteiger partial charge in [-0.1, -0.05) is 176 Å². The van der Waals surface area contributed by atoms with Crippen LogP contribution in [0.15, 0.2) is 60.7 Å². The molecule has 1 heterocycles. The average molecular weight is 940 g/mol. The van der Waals surface area contributed by atoms with E-state index >= 15 is 0 Å². The highest BCUT2D eigenvalue weighted by atomic mass is 16.7. The lowest BCUT2D eigenvalue weighted by Gasteiger charge is -2.47. The number of ether oxygens (including phenoxy) is 7. The van der Waals surface area contributed by atoms with E-state index in [9.17, 15) is 29.1 Å². The van der Waals surface area contributed by atoms with Crippen molar-refractivity contribution in [3.8, 4) is 0 Å². The topological polar surface area (TPSA) is 182 Å². The van der Waals surface area contributed by atoms with Gasteiger partial charge in [-0.05, 0) is 24.0 Å². The Morgan fingerprint density at radius 3 is 1.60 bits per heavy atom. The smallest absolute Gasteiger partial charge is 0.323 e. The lowest BCUT2D eigenvalue weighted by atomic mass is 9.92. The lowest BCUT2D eigenvalue weighted by molar-refractivity contribution is -0.344. The Labute approximate surface area is 399 Å². The van der Waals surface area contributed by atoms with Gasteiger partial charge < -0.3 is 43.6 Å². The Kier molecular flexibility index (Phi) is 28.9. The summed E-state index contributed by atoms with van der Waals surface area (Å²) in [6.07, 6.45) is 18.1. The summed E-state index contributed by atoms with van der Waals surface area (Å²) in [6.45, 7) is 4.87. The van der Waals surface area contributed by atoms with Crippen molar-refractivity contribution < 1.29 is 62.2 Å². The van der Waals surface area contributed by atoms with Crippen LogP contribution in [0.1, 0.15) is 174 Å². The van der Waals surface area contributed by atoms with E-state index in [1.165, 1.54) is 111 Å². The first-order valence-corrected chi connectivity index (χ1v) is 25.0. The predicted octanol–water partition coefficient (Wildman–Crippen LogP) is 9.54. The second kappa shape index (κ2) is 34.0. The number of rotatable bonds is 36. The molecule has 376 valence electrons. The van der Waals surface area contributed by atoms with Gasteiger partial charge in [0.2, 0.25) is 0 Å². The molecule has 2 aromatic rings. The molecule has 1 aliphatic heterocycles. The van der Waals surface area contributed by atoms with Gasteiger partial charge in [-0.25, -0.2) is 0 Å². The van der Waals surface area contributed by atoms with E-state index < -0.39 is 67.3 Å². The quantitative estimate of drug-likeness (QED) is 0.0374. The maximum Gasteiger partial charge on any atom is 0.323 e. The van der Waals surface area contributed by atoms with Crippen LogP contribution in [0.25, 0.3) is 0 Å². The van der Waals surface area contributed by atoms with Gasteiger partial charge in [0.15, 0.2) is 18.0 Å². The van der Waals surface area contributed by atoms with Gasteiger partial charge in [0.25, 0.3) is 0 Å². The number of carbonyl (C=O) groups excluding carboxylic acids is 5. The number of aliphatic hydroxyl groups excluding tert-OH is 1. The molecule has 14 nitrogen and oxygen atoms in total. The zero-order valence-electron chi connectivity index (χ0n) is 40.9. The van der Waals surface area contributed by atoms with Crippen LogP contribution in [0.3, 0.4) is 0 Å². The van der Waals surface area contributed by atoms with Crippen molar-refractivity contribution >= 4 is 29.8 Å². The minimum absolute atomic E-state index is 0.145. The van der Waals surface area contributed by atoms with Gasteiger partial charge in [-0.3, -0.25) is 24.0 Å². The Balaban J connectivity index is 1.21. The summed E-state index contributed by atoms with van der Waals surface area (Å²) in [5.41, 5.74) is 2.15. The van der Waals surface area contributed by atoms with Crippen LogP contribution in [0.4, 0.5) is 0 Å². The Bertz CT molecular complexity index is 1680. The van der Waals surface area contributed by atoms with E-state index in [0.29, 0.717) is 19.6 Å². The van der Waals surface area contributed by atoms with E-state index in [-0.39, 0.29) is 25.0 Å². The van der Waals surface area contributed by atoms with Gasteiger partial charge in [0.05, 0.1) is 13.2 Å². The van der Waals surface area contributed by atoms with Crippen LogP contribution in [0.5, 0.6) is 0 Å². The number of esters is 5. The molecule has 0 aliphatic carbocycles. The minimum Gasteiger partial charge on any atom is -0.462 e. The molecule has 0 amide bonds. The third kappa shape index (κ3) is 25.0. The lowest BCUT2D eigenvalue weighted by Crippen LogP contribution is -2.63. The molecule has 6 atom stereocenters. The first-order chi connectivity index (χ1) is 32.4. The second-order valence-electron chi connectivity index (χ2n) is 17.9. The highest BCUT2D eigenvalue weighted by Crippen LogP contribution is 2.36. The minimum atomic E-state index is -1.66. The fraction of sp³-hybridized carbons (Fsp3) is 0.679. The zero-order chi connectivity index (χ0) is 48.5. The normalized spacial score (nSPS) is 18.9. The van der Waals surface area contributed by atoms with Crippen molar-refractivity contribution in [2.45, 2.75) is 212 Å². The van der Waals surface area contributed by atoms with E-state index in [1.54, 1.807) is 0 Å². The molecule has 0 radical (unpaired) electrons. The van der Waals surface area contributed by atoms with Crippen LogP contribution in [0.2, 0.25) is 0 Å². The first-order valence-electron chi connectivity index (χ1n) is 25.0. The van der Waals surface area contributed by atoms with E-state index in [0.717, 1.165) is 49.7 Å². The van der Waals surface area contributed by atoms with Crippen LogP contribution >= 0.6 is 0 Å². The molecular weight excluding hydrogens is 859 g/mol. The zero-order valence-corrected chi connectivity index (χ0v) is 40.9. The van der Waals surface area contributed by atoms with Gasteiger partial charge in [0.1, 0.15) is 31.5 Å². The predicted molar refractivity (Wildman–Crippen MR) is 254 cm³/mol. The van der Waals surface area contributed by atoms with Crippen LogP contribution < -0.4 is 5.32 Å². The van der Waals surface area contributed by atoms with Gasteiger partial charge in [-0.2, -0.15) is 0 Å². The summed E-state index contributed by atoms with van der Waals surface area (Å²) < 4.78 is 39.5. The van der Waals surface area contributed by atoms with E-state index in [2.05, 4.69) is 17.4 Å². The van der Waals surface area contributed by atoms with Crippen LogP contribution in [0, 0.1) is 0 Å². The molecule has 67 heavy (non-hydrogen) atoms. The molecule has 0 saturated carbocycles. The molecule has 0 spiro atoms. The Morgan fingerprint density at radius 1 is 0.627 bits per heavy atom. The maximum absolute atomic E-state index is 13.0. The third-order valence-corrected chi connectivity index (χ3v) is 12.0.